The van der Waals surface area contributed by atoms with Gasteiger partial charge in [-0.1, -0.05) is 0 Å². The molecule has 0 spiro atoms. The Morgan fingerprint density at radius 1 is 0.857 bits per heavy atom. The van der Waals surface area contributed by atoms with Crippen LogP contribution >= 0.6 is 0 Å². The number of hydrogen-bond acceptors (Lipinski definition) is 2. The van der Waals surface area contributed by atoms with E-state index in [0.29, 0.717) is 41.3 Å². The summed E-state index contributed by atoms with van der Waals surface area (Å²) in [4.78, 5) is 23.9. The van der Waals surface area contributed by atoms with Crippen LogP contribution in [-0.2, 0) is 9.59 Å². The number of fused-ring (bicyclic) bond motifs is 5. The molecular formula is C18H26O3. The monoisotopic (exact) mass is 290 g/mol. The van der Waals surface area contributed by atoms with Crippen LogP contribution in [0.2, 0.25) is 0 Å². The van der Waals surface area contributed by atoms with Crippen molar-refractivity contribution in [2.75, 3.05) is 0 Å². The molecule has 4 rings (SSSR count). The maximum Gasteiger partial charge on any atom is 0.306 e. The van der Waals surface area contributed by atoms with Crippen molar-refractivity contribution in [3.8, 4) is 0 Å². The lowest BCUT2D eigenvalue weighted by Gasteiger charge is -2.51. The van der Waals surface area contributed by atoms with Crippen LogP contribution in [0, 0.1) is 41.4 Å². The van der Waals surface area contributed by atoms with Gasteiger partial charge in [-0.3, -0.25) is 9.59 Å². The van der Waals surface area contributed by atoms with Gasteiger partial charge in [0, 0.05) is 12.3 Å². The Morgan fingerprint density at radius 3 is 2.33 bits per heavy atom. The van der Waals surface area contributed by atoms with E-state index in [2.05, 4.69) is 0 Å². The molecule has 4 fully saturated rings. The summed E-state index contributed by atoms with van der Waals surface area (Å²) in [7, 11) is 0. The van der Waals surface area contributed by atoms with Gasteiger partial charge < -0.3 is 5.11 Å². The number of carbonyl (C=O) groups excluding carboxylic acids is 1. The molecular weight excluding hydrogens is 264 g/mol. The van der Waals surface area contributed by atoms with E-state index >= 15 is 0 Å². The molecule has 0 amide bonds. The Hall–Kier alpha value is -0.860. The van der Waals surface area contributed by atoms with Crippen LogP contribution in [0.3, 0.4) is 0 Å². The van der Waals surface area contributed by atoms with Gasteiger partial charge in [0.05, 0.1) is 5.92 Å². The molecule has 7 unspecified atom stereocenters. The van der Waals surface area contributed by atoms with Crippen LogP contribution < -0.4 is 0 Å². The van der Waals surface area contributed by atoms with Gasteiger partial charge in [0.25, 0.3) is 0 Å². The zero-order valence-corrected chi connectivity index (χ0v) is 12.7. The van der Waals surface area contributed by atoms with Gasteiger partial charge in [0.2, 0.25) is 0 Å². The lowest BCUT2D eigenvalue weighted by molar-refractivity contribution is -0.146. The van der Waals surface area contributed by atoms with Crippen molar-refractivity contribution in [1.82, 2.24) is 0 Å². The van der Waals surface area contributed by atoms with E-state index in [0.717, 1.165) is 38.5 Å². The maximum atomic E-state index is 12.5. The Bertz CT molecular complexity index is 457. The van der Waals surface area contributed by atoms with Gasteiger partial charge in [-0.2, -0.15) is 0 Å². The predicted octanol–water partition coefficient (Wildman–Crippen LogP) is 3.52. The highest BCUT2D eigenvalue weighted by atomic mass is 16.4. The molecule has 4 aliphatic rings. The molecule has 0 aromatic heterocycles. The fourth-order valence-corrected chi connectivity index (χ4v) is 6.61. The third kappa shape index (κ3) is 2.07. The first-order valence-electron chi connectivity index (χ1n) is 8.92. The Balaban J connectivity index is 1.57. The van der Waals surface area contributed by atoms with Crippen molar-refractivity contribution in [3.63, 3.8) is 0 Å². The van der Waals surface area contributed by atoms with E-state index < -0.39 is 5.97 Å². The van der Waals surface area contributed by atoms with Gasteiger partial charge in [-0.25, -0.2) is 0 Å². The number of hydrogen-bond donors (Lipinski definition) is 1. The molecule has 3 heteroatoms. The smallest absolute Gasteiger partial charge is 0.306 e. The average Bonchev–Trinajstić information content (AvgIpc) is 2.91. The molecule has 0 bridgehead atoms. The summed E-state index contributed by atoms with van der Waals surface area (Å²) in [6, 6.07) is 0. The highest BCUT2D eigenvalue weighted by molar-refractivity contribution is 5.82. The summed E-state index contributed by atoms with van der Waals surface area (Å²) in [5.41, 5.74) is 0. The lowest BCUT2D eigenvalue weighted by Crippen LogP contribution is -2.47. The number of carboxylic acids is 1. The van der Waals surface area contributed by atoms with Crippen LogP contribution in [0.15, 0.2) is 0 Å². The molecule has 1 N–H and O–H groups in total. The molecule has 116 valence electrons. The van der Waals surface area contributed by atoms with Gasteiger partial charge in [0.15, 0.2) is 0 Å². The topological polar surface area (TPSA) is 54.4 Å². The van der Waals surface area contributed by atoms with Gasteiger partial charge >= 0.3 is 5.97 Å². The first-order chi connectivity index (χ1) is 10.2. The summed E-state index contributed by atoms with van der Waals surface area (Å²) < 4.78 is 0. The number of ketones is 1. The number of carboxylic acid groups (broad SMARTS) is 1. The molecule has 21 heavy (non-hydrogen) atoms. The second kappa shape index (κ2) is 5.10. The zero-order chi connectivity index (χ0) is 14.6. The fraction of sp³-hybridized carbons (Fsp3) is 0.889. The minimum Gasteiger partial charge on any atom is -0.481 e. The standard InChI is InChI=1S/C18H26O3/c19-16-3-1-2-10-4-5-12-11-7-9-15(18(20)21)13(11)6-8-14(12)17(10)16/h10-15,17H,1-9H2,(H,20,21). The number of carbonyl (C=O) groups is 2. The third-order valence-electron chi connectivity index (χ3n) is 7.34. The Labute approximate surface area is 126 Å². The summed E-state index contributed by atoms with van der Waals surface area (Å²) in [6.07, 6.45) is 9.77. The fourth-order valence-electron chi connectivity index (χ4n) is 6.61. The van der Waals surface area contributed by atoms with Gasteiger partial charge in [-0.15, -0.1) is 0 Å². The third-order valence-corrected chi connectivity index (χ3v) is 7.34. The molecule has 0 heterocycles. The highest BCUT2D eigenvalue weighted by Crippen LogP contribution is 2.58. The van der Waals surface area contributed by atoms with Crippen molar-refractivity contribution in [2.45, 2.75) is 57.8 Å². The summed E-state index contributed by atoms with van der Waals surface area (Å²) in [5, 5.41) is 9.42. The first kappa shape index (κ1) is 13.8. The molecule has 0 aromatic carbocycles. The van der Waals surface area contributed by atoms with Crippen LogP contribution in [0.1, 0.15) is 57.8 Å². The van der Waals surface area contributed by atoms with Crippen molar-refractivity contribution < 1.29 is 14.7 Å². The van der Waals surface area contributed by atoms with E-state index in [1.54, 1.807) is 0 Å². The normalized spacial score (nSPS) is 49.1. The molecule has 0 aliphatic heterocycles. The molecule has 7 atom stereocenters. The van der Waals surface area contributed by atoms with Crippen LogP contribution in [0.25, 0.3) is 0 Å². The van der Waals surface area contributed by atoms with E-state index in [9.17, 15) is 14.7 Å². The average molecular weight is 290 g/mol. The predicted molar refractivity (Wildman–Crippen MR) is 78.6 cm³/mol. The Kier molecular flexibility index (Phi) is 3.35. The van der Waals surface area contributed by atoms with Crippen LogP contribution in [-0.4, -0.2) is 16.9 Å². The summed E-state index contributed by atoms with van der Waals surface area (Å²) in [6.45, 7) is 0. The van der Waals surface area contributed by atoms with Crippen molar-refractivity contribution >= 4 is 11.8 Å². The molecule has 4 saturated carbocycles. The van der Waals surface area contributed by atoms with E-state index in [-0.39, 0.29) is 5.92 Å². The number of rotatable bonds is 1. The molecule has 3 nitrogen and oxygen atoms in total. The second-order valence-electron chi connectivity index (χ2n) is 7.98. The van der Waals surface area contributed by atoms with E-state index in [1.165, 1.54) is 19.3 Å². The minimum atomic E-state index is -0.580. The zero-order valence-electron chi connectivity index (χ0n) is 12.7. The molecule has 0 saturated heterocycles. The van der Waals surface area contributed by atoms with E-state index in [1.807, 2.05) is 0 Å². The molecule has 0 radical (unpaired) electrons. The summed E-state index contributed by atoms with van der Waals surface area (Å²) >= 11 is 0. The van der Waals surface area contributed by atoms with E-state index in [4.69, 9.17) is 0 Å². The quantitative estimate of drug-likeness (QED) is 0.804. The number of Topliss-reactive ketones (excluding diaryl/α,β-unsaturated/α-hetero) is 1. The van der Waals surface area contributed by atoms with Gasteiger partial charge in [-0.05, 0) is 81.0 Å². The maximum absolute atomic E-state index is 12.5. The number of aliphatic carboxylic acids is 1. The lowest BCUT2D eigenvalue weighted by atomic mass is 9.53. The van der Waals surface area contributed by atoms with Crippen molar-refractivity contribution in [3.05, 3.63) is 0 Å². The van der Waals surface area contributed by atoms with Crippen molar-refractivity contribution in [2.24, 2.45) is 41.4 Å². The minimum absolute atomic E-state index is 0.101. The molecule has 0 aromatic rings. The SMILES string of the molecule is O=C(O)C1CCC2C1CCC1C2CCC2CCCC(=O)C21. The Morgan fingerprint density at radius 2 is 1.52 bits per heavy atom. The van der Waals surface area contributed by atoms with Crippen LogP contribution in [0.5, 0.6) is 0 Å². The summed E-state index contributed by atoms with van der Waals surface area (Å²) in [5.74, 6) is 3.08. The first-order valence-corrected chi connectivity index (χ1v) is 8.92. The largest absolute Gasteiger partial charge is 0.481 e. The van der Waals surface area contributed by atoms with Crippen molar-refractivity contribution in [1.29, 1.82) is 0 Å². The van der Waals surface area contributed by atoms with Gasteiger partial charge in [0.1, 0.15) is 5.78 Å². The second-order valence-corrected chi connectivity index (χ2v) is 7.98. The van der Waals surface area contributed by atoms with Crippen LogP contribution in [0.4, 0.5) is 0 Å². The molecule has 4 aliphatic carbocycles. The highest BCUT2D eigenvalue weighted by Gasteiger charge is 2.53.